The van der Waals surface area contributed by atoms with Crippen LogP contribution in [0.2, 0.25) is 0 Å². The second-order valence-electron chi connectivity index (χ2n) is 5.64. The van der Waals surface area contributed by atoms with Crippen molar-refractivity contribution in [1.82, 2.24) is 20.3 Å². The molecule has 0 radical (unpaired) electrons. The zero-order valence-corrected chi connectivity index (χ0v) is 12.9. The highest BCUT2D eigenvalue weighted by atomic mass is 16.4. The summed E-state index contributed by atoms with van der Waals surface area (Å²) in [6, 6.07) is 5.53. The van der Waals surface area contributed by atoms with Gasteiger partial charge in [-0.1, -0.05) is 31.2 Å². The first-order valence-corrected chi connectivity index (χ1v) is 7.21. The van der Waals surface area contributed by atoms with Crippen molar-refractivity contribution in [2.24, 2.45) is 5.92 Å². The molecule has 23 heavy (non-hydrogen) atoms. The molecule has 0 aliphatic heterocycles. The van der Waals surface area contributed by atoms with Crippen molar-refractivity contribution in [3.05, 3.63) is 34.6 Å². The minimum Gasteiger partial charge on any atom is -0.548 e. The molecule has 1 N–H and O–H groups in total. The zero-order chi connectivity index (χ0) is 17.0. The molecule has 8 heteroatoms. The lowest BCUT2D eigenvalue weighted by atomic mass is 10.0. The number of carboxylic acids is 1. The molecule has 0 aliphatic rings. The molecule has 0 unspecified atom stereocenters. The van der Waals surface area contributed by atoms with E-state index >= 15 is 0 Å². The minimum atomic E-state index is -1.36. The van der Waals surface area contributed by atoms with Gasteiger partial charge in [0.15, 0.2) is 0 Å². The lowest BCUT2D eigenvalue weighted by Gasteiger charge is -2.21. The highest BCUT2D eigenvalue weighted by molar-refractivity contribution is 5.83. The Bertz CT molecular complexity index is 784. The summed E-state index contributed by atoms with van der Waals surface area (Å²) in [6.45, 7) is 3.27. The van der Waals surface area contributed by atoms with Crippen LogP contribution in [-0.2, 0) is 16.1 Å². The Hall–Kier alpha value is -2.77. The fraction of sp³-hybridized carbons (Fsp3) is 0.400. The number of rotatable bonds is 6. The summed E-state index contributed by atoms with van der Waals surface area (Å²) in [5.74, 6) is -1.92. The number of carbonyl (C=O) groups excluding carboxylic acids is 2. The van der Waals surface area contributed by atoms with Crippen LogP contribution in [-0.4, -0.2) is 32.9 Å². The SMILES string of the molecule is CC(C)C[C@H](NC(=O)Cn1nnc2ccccc2c1=O)C(=O)[O-]. The Kier molecular flexibility index (Phi) is 5.05. The first-order valence-electron chi connectivity index (χ1n) is 7.21. The summed E-state index contributed by atoms with van der Waals surface area (Å²) in [5.41, 5.74) is -0.0267. The molecule has 0 saturated carbocycles. The van der Waals surface area contributed by atoms with Crippen molar-refractivity contribution in [3.63, 3.8) is 0 Å². The number of hydrogen-bond acceptors (Lipinski definition) is 6. The predicted molar refractivity (Wildman–Crippen MR) is 80.2 cm³/mol. The van der Waals surface area contributed by atoms with Gasteiger partial charge in [-0.3, -0.25) is 9.59 Å². The van der Waals surface area contributed by atoms with Crippen molar-refractivity contribution in [2.45, 2.75) is 32.9 Å². The molecule has 1 atom stereocenters. The highest BCUT2D eigenvalue weighted by Crippen LogP contribution is 2.05. The Labute approximate surface area is 132 Å². The van der Waals surface area contributed by atoms with Crippen LogP contribution in [0, 0.1) is 5.92 Å². The molecule has 8 nitrogen and oxygen atoms in total. The lowest BCUT2D eigenvalue weighted by molar-refractivity contribution is -0.308. The normalized spacial score (nSPS) is 12.3. The predicted octanol–water partition coefficient (Wildman–Crippen LogP) is -0.928. The number of fused-ring (bicyclic) bond motifs is 1. The molecule has 1 aromatic heterocycles. The molecule has 2 aromatic rings. The molecule has 0 bridgehead atoms. The Morgan fingerprint density at radius 1 is 1.30 bits per heavy atom. The molecule has 122 valence electrons. The van der Waals surface area contributed by atoms with Gasteiger partial charge in [0, 0.05) is 0 Å². The number of carboxylic acid groups (broad SMARTS) is 1. The third kappa shape index (κ3) is 4.12. The van der Waals surface area contributed by atoms with Crippen molar-refractivity contribution < 1.29 is 14.7 Å². The first-order chi connectivity index (χ1) is 10.9. The van der Waals surface area contributed by atoms with Crippen LogP contribution in [0.4, 0.5) is 0 Å². The average Bonchev–Trinajstić information content (AvgIpc) is 2.49. The molecular weight excluding hydrogens is 300 g/mol. The van der Waals surface area contributed by atoms with Crippen LogP contribution in [0.1, 0.15) is 20.3 Å². The molecule has 1 aromatic carbocycles. The van der Waals surface area contributed by atoms with Crippen LogP contribution in [0.5, 0.6) is 0 Å². The molecule has 0 fully saturated rings. The van der Waals surface area contributed by atoms with Crippen LogP contribution in [0.3, 0.4) is 0 Å². The second-order valence-corrected chi connectivity index (χ2v) is 5.64. The van der Waals surface area contributed by atoms with E-state index in [9.17, 15) is 19.5 Å². The second kappa shape index (κ2) is 6.99. The maximum Gasteiger partial charge on any atom is 0.278 e. The number of carbonyl (C=O) groups is 2. The Morgan fingerprint density at radius 3 is 2.65 bits per heavy atom. The molecule has 1 heterocycles. The van der Waals surface area contributed by atoms with Gasteiger partial charge in [0.05, 0.1) is 17.4 Å². The van der Waals surface area contributed by atoms with Crippen LogP contribution in [0.15, 0.2) is 29.1 Å². The van der Waals surface area contributed by atoms with Gasteiger partial charge in [-0.15, -0.1) is 5.10 Å². The molecule has 0 spiro atoms. The van der Waals surface area contributed by atoms with Crippen molar-refractivity contribution >= 4 is 22.8 Å². The van der Waals surface area contributed by atoms with Gasteiger partial charge in [0.2, 0.25) is 5.91 Å². The molecular formula is C15H17N4O4-. The van der Waals surface area contributed by atoms with Gasteiger partial charge < -0.3 is 15.2 Å². The first kappa shape index (κ1) is 16.6. The van der Waals surface area contributed by atoms with Gasteiger partial charge in [0.25, 0.3) is 5.56 Å². The number of hydrogen-bond donors (Lipinski definition) is 1. The summed E-state index contributed by atoms with van der Waals surface area (Å²) in [6.07, 6.45) is 0.242. The standard InChI is InChI=1S/C15H18N4O4/c1-9(2)7-12(15(22)23)16-13(20)8-19-14(21)10-5-3-4-6-11(10)17-18-19/h3-6,9,12H,7-8H2,1-2H3,(H,16,20)(H,22,23)/p-1/t12-/m0/s1. The molecule has 0 aliphatic carbocycles. The van der Waals surface area contributed by atoms with E-state index in [0.29, 0.717) is 10.9 Å². The van der Waals surface area contributed by atoms with Crippen LogP contribution >= 0.6 is 0 Å². The fourth-order valence-electron chi connectivity index (χ4n) is 2.19. The van der Waals surface area contributed by atoms with Crippen LogP contribution < -0.4 is 16.0 Å². The van der Waals surface area contributed by atoms with Crippen molar-refractivity contribution in [1.29, 1.82) is 0 Å². The lowest BCUT2D eigenvalue weighted by Crippen LogP contribution is -2.50. The number of nitrogens with zero attached hydrogens (tertiary/aromatic N) is 3. The average molecular weight is 317 g/mol. The minimum absolute atomic E-state index is 0.0707. The van der Waals surface area contributed by atoms with E-state index in [4.69, 9.17) is 0 Å². The summed E-state index contributed by atoms with van der Waals surface area (Å²) >= 11 is 0. The summed E-state index contributed by atoms with van der Waals surface area (Å²) < 4.78 is 0.902. The maximum absolute atomic E-state index is 12.2. The Morgan fingerprint density at radius 2 is 2.00 bits per heavy atom. The highest BCUT2D eigenvalue weighted by Gasteiger charge is 2.16. The maximum atomic E-state index is 12.2. The smallest absolute Gasteiger partial charge is 0.278 e. The van der Waals surface area contributed by atoms with E-state index in [0.717, 1.165) is 4.68 Å². The van der Waals surface area contributed by atoms with E-state index < -0.39 is 30.0 Å². The Balaban J connectivity index is 2.15. The van der Waals surface area contributed by atoms with Gasteiger partial charge in [-0.05, 0) is 24.5 Å². The quantitative estimate of drug-likeness (QED) is 0.736. The monoisotopic (exact) mass is 317 g/mol. The zero-order valence-electron chi connectivity index (χ0n) is 12.9. The molecule has 0 saturated heterocycles. The largest absolute Gasteiger partial charge is 0.548 e. The van der Waals surface area contributed by atoms with E-state index in [1.165, 1.54) is 0 Å². The number of amides is 1. The van der Waals surface area contributed by atoms with Gasteiger partial charge in [-0.2, -0.15) is 0 Å². The summed E-state index contributed by atoms with van der Waals surface area (Å²) in [4.78, 5) is 35.2. The van der Waals surface area contributed by atoms with E-state index in [2.05, 4.69) is 15.6 Å². The third-order valence-corrected chi connectivity index (χ3v) is 3.25. The van der Waals surface area contributed by atoms with Crippen LogP contribution in [0.25, 0.3) is 10.9 Å². The number of benzene rings is 1. The number of nitrogens with one attached hydrogen (secondary N) is 1. The van der Waals surface area contributed by atoms with Gasteiger partial charge in [0.1, 0.15) is 12.1 Å². The fourth-order valence-corrected chi connectivity index (χ4v) is 2.19. The van der Waals surface area contributed by atoms with E-state index in [-0.39, 0.29) is 12.3 Å². The third-order valence-electron chi connectivity index (χ3n) is 3.25. The number of aliphatic carboxylic acids is 1. The molecule has 1 amide bonds. The van der Waals surface area contributed by atoms with Crippen molar-refractivity contribution in [2.75, 3.05) is 0 Å². The summed E-state index contributed by atoms with van der Waals surface area (Å²) in [5, 5.41) is 21.3. The molecule has 2 rings (SSSR count). The van der Waals surface area contributed by atoms with Gasteiger partial charge >= 0.3 is 0 Å². The van der Waals surface area contributed by atoms with Crippen molar-refractivity contribution in [3.8, 4) is 0 Å². The number of aromatic nitrogens is 3. The summed E-state index contributed by atoms with van der Waals surface area (Å²) in [7, 11) is 0. The van der Waals surface area contributed by atoms with Gasteiger partial charge in [-0.25, -0.2) is 4.68 Å². The van der Waals surface area contributed by atoms with E-state index in [1.807, 2.05) is 13.8 Å². The van der Waals surface area contributed by atoms with E-state index in [1.54, 1.807) is 24.3 Å². The topological polar surface area (TPSA) is 117 Å².